The number of esters is 1. The largest absolute Gasteiger partial charge is 0.454 e. The van der Waals surface area contributed by atoms with Crippen LogP contribution in [0.5, 0.6) is 0 Å². The summed E-state index contributed by atoms with van der Waals surface area (Å²) < 4.78 is 57.4. The minimum atomic E-state index is -3.97. The van der Waals surface area contributed by atoms with Crippen LogP contribution in [-0.4, -0.2) is 43.7 Å². The van der Waals surface area contributed by atoms with Crippen molar-refractivity contribution in [3.05, 3.63) is 29.8 Å². The normalized spacial score (nSPS) is 17.9. The van der Waals surface area contributed by atoms with Crippen LogP contribution in [-0.2, 0) is 24.3 Å². The Bertz CT molecular complexity index is 773. The molecule has 1 fully saturated rings. The zero-order valence-corrected chi connectivity index (χ0v) is 14.7. The van der Waals surface area contributed by atoms with Crippen LogP contribution in [0.15, 0.2) is 23.1 Å². The summed E-state index contributed by atoms with van der Waals surface area (Å²) in [4.78, 5) is 22.8. The average molecular weight is 375 g/mol. The molecule has 0 bridgehead atoms. The molecule has 1 heterocycles. The van der Waals surface area contributed by atoms with E-state index in [9.17, 15) is 26.8 Å². The van der Waals surface area contributed by atoms with Crippen molar-refractivity contribution in [1.82, 2.24) is 4.31 Å². The summed E-state index contributed by atoms with van der Waals surface area (Å²) in [6.45, 7) is 2.89. The minimum Gasteiger partial charge on any atom is -0.454 e. The molecule has 1 aliphatic rings. The lowest BCUT2D eigenvalue weighted by atomic mass is 9.98. The highest BCUT2D eigenvalue weighted by Gasteiger charge is 2.33. The highest BCUT2D eigenvalue weighted by atomic mass is 32.2. The molecule has 0 unspecified atom stereocenters. The van der Waals surface area contributed by atoms with Gasteiger partial charge in [0.15, 0.2) is 23.5 Å². The van der Waals surface area contributed by atoms with Crippen LogP contribution in [0.1, 0.15) is 26.7 Å². The highest BCUT2D eigenvalue weighted by molar-refractivity contribution is 7.89. The Balaban J connectivity index is 2.02. The van der Waals surface area contributed by atoms with Crippen LogP contribution in [0.3, 0.4) is 0 Å². The fourth-order valence-electron chi connectivity index (χ4n) is 2.47. The van der Waals surface area contributed by atoms with Gasteiger partial charge in [-0.3, -0.25) is 9.59 Å². The molecule has 0 spiro atoms. The quantitative estimate of drug-likeness (QED) is 0.734. The van der Waals surface area contributed by atoms with E-state index in [1.54, 1.807) is 0 Å². The predicted molar refractivity (Wildman–Crippen MR) is 84.1 cm³/mol. The van der Waals surface area contributed by atoms with Gasteiger partial charge in [-0.25, -0.2) is 17.2 Å². The van der Waals surface area contributed by atoms with Crippen molar-refractivity contribution in [2.45, 2.75) is 37.7 Å². The molecule has 138 valence electrons. The van der Waals surface area contributed by atoms with Gasteiger partial charge in [0.1, 0.15) is 0 Å². The van der Waals surface area contributed by atoms with Crippen molar-refractivity contribution >= 4 is 21.8 Å². The molecule has 0 amide bonds. The van der Waals surface area contributed by atoms with Gasteiger partial charge < -0.3 is 4.74 Å². The third kappa shape index (κ3) is 4.40. The molecule has 1 aromatic carbocycles. The van der Waals surface area contributed by atoms with Crippen molar-refractivity contribution in [3.8, 4) is 0 Å². The van der Waals surface area contributed by atoms with Crippen LogP contribution in [0.25, 0.3) is 0 Å². The Labute approximate surface area is 144 Å². The number of ketones is 1. The topological polar surface area (TPSA) is 80.8 Å². The Morgan fingerprint density at radius 1 is 1.20 bits per heavy atom. The van der Waals surface area contributed by atoms with Crippen molar-refractivity contribution in [3.63, 3.8) is 0 Å². The fraction of sp³-hybridized carbons (Fsp3) is 0.500. The van der Waals surface area contributed by atoms with Crippen molar-refractivity contribution in [2.75, 3.05) is 13.1 Å². The zero-order valence-electron chi connectivity index (χ0n) is 13.9. The number of piperidine rings is 1. The summed E-state index contributed by atoms with van der Waals surface area (Å²) in [6.07, 6.45) is -0.380. The van der Waals surface area contributed by atoms with E-state index >= 15 is 0 Å². The van der Waals surface area contributed by atoms with Crippen LogP contribution >= 0.6 is 0 Å². The molecular formula is C16H19F2NO5S. The Morgan fingerprint density at radius 2 is 1.80 bits per heavy atom. The van der Waals surface area contributed by atoms with E-state index in [2.05, 4.69) is 0 Å². The number of carbonyl (C=O) groups is 2. The van der Waals surface area contributed by atoms with E-state index in [1.807, 2.05) is 0 Å². The molecule has 1 aromatic rings. The second-order valence-electron chi connectivity index (χ2n) is 5.94. The van der Waals surface area contributed by atoms with E-state index in [0.29, 0.717) is 6.07 Å². The first kappa shape index (κ1) is 19.5. The lowest BCUT2D eigenvalue weighted by Gasteiger charge is -2.30. The molecule has 2 rings (SSSR count). The molecule has 0 aliphatic carbocycles. The third-order valence-corrected chi connectivity index (χ3v) is 6.08. The van der Waals surface area contributed by atoms with Gasteiger partial charge >= 0.3 is 5.97 Å². The van der Waals surface area contributed by atoms with E-state index in [-0.39, 0.29) is 36.6 Å². The number of benzene rings is 1. The van der Waals surface area contributed by atoms with Crippen LogP contribution in [0.4, 0.5) is 8.78 Å². The summed E-state index contributed by atoms with van der Waals surface area (Å²) in [7, 11) is -3.97. The van der Waals surface area contributed by atoms with Gasteiger partial charge in [0.05, 0.1) is 10.8 Å². The van der Waals surface area contributed by atoms with E-state index in [0.717, 1.165) is 16.4 Å². The first-order chi connectivity index (χ1) is 11.6. The number of nitrogens with zero attached hydrogens (tertiary/aromatic N) is 1. The number of rotatable bonds is 5. The molecule has 9 heteroatoms. The number of ether oxygens (including phenoxy) is 1. The van der Waals surface area contributed by atoms with Crippen LogP contribution in [0, 0.1) is 17.6 Å². The summed E-state index contributed by atoms with van der Waals surface area (Å²) in [5.74, 6) is -3.67. The number of halogens is 2. The smallest absolute Gasteiger partial charge is 0.309 e. The summed E-state index contributed by atoms with van der Waals surface area (Å²) >= 11 is 0. The first-order valence-corrected chi connectivity index (χ1v) is 9.23. The van der Waals surface area contributed by atoms with Gasteiger partial charge in [-0.2, -0.15) is 4.31 Å². The van der Waals surface area contributed by atoms with Crippen LogP contribution in [0.2, 0.25) is 0 Å². The maximum Gasteiger partial charge on any atom is 0.309 e. The summed E-state index contributed by atoms with van der Waals surface area (Å²) in [6, 6.07) is 2.40. The highest BCUT2D eigenvalue weighted by Crippen LogP contribution is 2.25. The third-order valence-electron chi connectivity index (χ3n) is 4.18. The van der Waals surface area contributed by atoms with E-state index in [1.165, 1.54) is 13.8 Å². The second kappa shape index (κ2) is 7.57. The Morgan fingerprint density at radius 3 is 2.32 bits per heavy atom. The molecule has 6 nitrogen and oxygen atoms in total. The van der Waals surface area contributed by atoms with Gasteiger partial charge in [-0.1, -0.05) is 0 Å². The van der Waals surface area contributed by atoms with Crippen molar-refractivity contribution < 1.29 is 31.5 Å². The SMILES string of the molecule is CC(=O)[C@H](C)OC(=O)C1CCN(S(=O)(=O)c2ccc(F)c(F)c2)CC1. The second-order valence-corrected chi connectivity index (χ2v) is 7.88. The monoisotopic (exact) mass is 375 g/mol. The molecule has 0 aromatic heterocycles. The summed E-state index contributed by atoms with van der Waals surface area (Å²) in [5, 5.41) is 0. The molecule has 1 aliphatic heterocycles. The number of carbonyl (C=O) groups excluding carboxylic acids is 2. The van der Waals surface area contributed by atoms with Crippen molar-refractivity contribution in [1.29, 1.82) is 0 Å². The van der Waals surface area contributed by atoms with E-state index < -0.39 is 39.6 Å². The van der Waals surface area contributed by atoms with Gasteiger partial charge in [0.2, 0.25) is 10.0 Å². The van der Waals surface area contributed by atoms with Crippen molar-refractivity contribution in [2.24, 2.45) is 5.92 Å². The maximum absolute atomic E-state index is 13.3. The molecule has 25 heavy (non-hydrogen) atoms. The van der Waals surface area contributed by atoms with Gasteiger partial charge in [-0.05, 0) is 44.9 Å². The van der Waals surface area contributed by atoms with Gasteiger partial charge in [0, 0.05) is 13.1 Å². The maximum atomic E-state index is 13.3. The molecule has 0 N–H and O–H groups in total. The fourth-order valence-corrected chi connectivity index (χ4v) is 3.95. The molecule has 0 saturated carbocycles. The molecular weight excluding hydrogens is 356 g/mol. The number of Topliss-reactive ketones (excluding diaryl/α,β-unsaturated/α-hetero) is 1. The number of hydrogen-bond donors (Lipinski definition) is 0. The number of hydrogen-bond acceptors (Lipinski definition) is 5. The van der Waals surface area contributed by atoms with Crippen LogP contribution < -0.4 is 0 Å². The lowest BCUT2D eigenvalue weighted by Crippen LogP contribution is -2.41. The lowest BCUT2D eigenvalue weighted by molar-refractivity contribution is -0.158. The molecule has 1 saturated heterocycles. The number of sulfonamides is 1. The standard InChI is InChI=1S/C16H19F2NO5S/c1-10(20)11(2)24-16(21)12-5-7-19(8-6-12)25(22,23)13-3-4-14(17)15(18)9-13/h3-4,9,11-12H,5-8H2,1-2H3/t11-/m0/s1. The molecule has 1 atom stereocenters. The van der Waals surface area contributed by atoms with E-state index in [4.69, 9.17) is 4.74 Å². The zero-order chi connectivity index (χ0) is 18.8. The predicted octanol–water partition coefficient (Wildman–Crippen LogP) is 1.89. The Hall–Kier alpha value is -1.87. The van der Waals surface area contributed by atoms with Gasteiger partial charge in [0.25, 0.3) is 0 Å². The minimum absolute atomic E-state index is 0.0511. The van der Waals surface area contributed by atoms with Gasteiger partial charge in [-0.15, -0.1) is 0 Å². The average Bonchev–Trinajstić information content (AvgIpc) is 2.57. The molecule has 0 radical (unpaired) electrons. The Kier molecular flexibility index (Phi) is 5.89. The summed E-state index contributed by atoms with van der Waals surface area (Å²) in [5.41, 5.74) is 0. The first-order valence-electron chi connectivity index (χ1n) is 7.79.